The number of aryl methyl sites for hydroxylation is 2. The van der Waals surface area contributed by atoms with Crippen molar-refractivity contribution >= 4 is 17.0 Å². The van der Waals surface area contributed by atoms with E-state index in [9.17, 15) is 19.5 Å². The largest absolute Gasteiger partial charge is 0.481 e. The molecule has 0 aliphatic carbocycles. The molecule has 0 saturated carbocycles. The van der Waals surface area contributed by atoms with Gasteiger partial charge in [0.25, 0.3) is 5.56 Å². The molecule has 2 aliphatic rings. The normalized spacial score (nSPS) is 13.1. The number of hydrogen-bond acceptors (Lipinski definition) is 6. The summed E-state index contributed by atoms with van der Waals surface area (Å²) in [5.41, 5.74) is 1.86. The smallest absolute Gasteiger partial charge is 0.349 e. The van der Waals surface area contributed by atoms with Crippen LogP contribution in [0.25, 0.3) is 22.6 Å². The first-order valence-corrected chi connectivity index (χ1v) is 10.2. The first-order valence-electron chi connectivity index (χ1n) is 10.2. The lowest BCUT2D eigenvalue weighted by molar-refractivity contribution is -0.146. The summed E-state index contributed by atoms with van der Waals surface area (Å²) in [4.78, 5) is 46.2. The number of hydrogen-bond donors (Lipinski definition) is 2. The molecule has 2 aliphatic heterocycles. The quantitative estimate of drug-likeness (QED) is 0.437. The van der Waals surface area contributed by atoms with Crippen molar-refractivity contribution in [3.05, 3.63) is 44.1 Å². The Balaban J connectivity index is 1.88. The SMILES string of the molecule is Cc1cc2nc3c(=O)[nH]c(=O)nc-3n(CCOCCC(C(=O)O)C(C)(C)C)c2cc1C. The Hall–Kier alpha value is -3.07. The van der Waals surface area contributed by atoms with Crippen LogP contribution >= 0.6 is 0 Å². The highest BCUT2D eigenvalue weighted by Gasteiger charge is 2.30. The molecule has 0 radical (unpaired) electrons. The second-order valence-electron chi connectivity index (χ2n) is 8.89. The van der Waals surface area contributed by atoms with Crippen LogP contribution in [0.4, 0.5) is 0 Å². The van der Waals surface area contributed by atoms with E-state index in [-0.39, 0.29) is 30.1 Å². The number of aromatic amines is 1. The average molecular weight is 428 g/mol. The number of carboxylic acids is 1. The van der Waals surface area contributed by atoms with Crippen LogP contribution in [0.3, 0.4) is 0 Å². The Bertz CT molecular complexity index is 1210. The van der Waals surface area contributed by atoms with Crippen molar-refractivity contribution in [2.75, 3.05) is 13.2 Å². The number of ether oxygens (including phenoxy) is 1. The van der Waals surface area contributed by atoms with Crippen LogP contribution in [0.2, 0.25) is 0 Å². The minimum Gasteiger partial charge on any atom is -0.481 e. The summed E-state index contributed by atoms with van der Waals surface area (Å²) in [5, 5.41) is 9.44. The Labute approximate surface area is 179 Å². The number of rotatable bonds is 7. The van der Waals surface area contributed by atoms with Gasteiger partial charge in [0.1, 0.15) is 0 Å². The van der Waals surface area contributed by atoms with E-state index in [1.165, 1.54) is 0 Å². The second-order valence-corrected chi connectivity index (χ2v) is 8.89. The number of nitrogens with zero attached hydrogens (tertiary/aromatic N) is 3. The van der Waals surface area contributed by atoms with E-state index in [0.29, 0.717) is 18.5 Å². The van der Waals surface area contributed by atoms with Gasteiger partial charge in [-0.05, 0) is 48.9 Å². The predicted molar refractivity (Wildman–Crippen MR) is 117 cm³/mol. The van der Waals surface area contributed by atoms with Crippen molar-refractivity contribution in [2.45, 2.75) is 47.6 Å². The van der Waals surface area contributed by atoms with Gasteiger partial charge < -0.3 is 14.4 Å². The van der Waals surface area contributed by atoms with E-state index >= 15 is 0 Å². The van der Waals surface area contributed by atoms with Gasteiger partial charge in [-0.25, -0.2) is 9.78 Å². The zero-order chi connectivity index (χ0) is 22.9. The fourth-order valence-corrected chi connectivity index (χ4v) is 3.66. The molecule has 0 amide bonds. The van der Waals surface area contributed by atoms with Gasteiger partial charge in [-0.2, -0.15) is 4.98 Å². The third kappa shape index (κ3) is 4.82. The Morgan fingerprint density at radius 1 is 1.16 bits per heavy atom. The molecule has 0 spiro atoms. The summed E-state index contributed by atoms with van der Waals surface area (Å²) >= 11 is 0. The molecule has 0 bridgehead atoms. The van der Waals surface area contributed by atoms with Crippen LogP contribution in [0.5, 0.6) is 0 Å². The molecular weight excluding hydrogens is 400 g/mol. The number of nitrogens with one attached hydrogen (secondary N) is 1. The molecule has 3 rings (SSSR count). The molecule has 166 valence electrons. The van der Waals surface area contributed by atoms with Crippen molar-refractivity contribution in [3.63, 3.8) is 0 Å². The lowest BCUT2D eigenvalue weighted by Gasteiger charge is -2.26. The van der Waals surface area contributed by atoms with Gasteiger partial charge in [-0.3, -0.25) is 14.6 Å². The van der Waals surface area contributed by atoms with Crippen LogP contribution in [-0.4, -0.2) is 43.8 Å². The maximum absolute atomic E-state index is 12.3. The number of aromatic nitrogens is 4. The standard InChI is InChI=1S/C22H28N4O5/c1-12-10-15-16(11-13(12)2)26(18-17(23-15)19(27)25-21(30)24-18)7-9-31-8-6-14(20(28)29)22(3,4)5/h10-11,14H,6-9H2,1-5H3,(H,28,29)(H,25,27,30). The van der Waals surface area contributed by atoms with Crippen LogP contribution in [0.1, 0.15) is 38.3 Å². The molecule has 9 nitrogen and oxygen atoms in total. The van der Waals surface area contributed by atoms with E-state index in [1.54, 1.807) is 4.57 Å². The predicted octanol–water partition coefficient (Wildman–Crippen LogP) is 2.36. The van der Waals surface area contributed by atoms with E-state index in [4.69, 9.17) is 4.74 Å². The second kappa shape index (κ2) is 8.58. The van der Waals surface area contributed by atoms with Gasteiger partial charge in [-0.1, -0.05) is 20.8 Å². The average Bonchev–Trinajstić information content (AvgIpc) is 2.64. The third-order valence-electron chi connectivity index (χ3n) is 5.58. The van der Waals surface area contributed by atoms with Gasteiger partial charge in [0.05, 0.1) is 23.6 Å². The first kappa shape index (κ1) is 22.6. The molecule has 1 aromatic carbocycles. The van der Waals surface area contributed by atoms with E-state index in [2.05, 4.69) is 15.0 Å². The zero-order valence-electron chi connectivity index (χ0n) is 18.5. The van der Waals surface area contributed by atoms with Gasteiger partial charge in [0.2, 0.25) is 0 Å². The van der Waals surface area contributed by atoms with Gasteiger partial charge >= 0.3 is 11.7 Å². The molecular formula is C22H28N4O5. The summed E-state index contributed by atoms with van der Waals surface area (Å²) < 4.78 is 7.49. The van der Waals surface area contributed by atoms with Crippen LogP contribution in [0, 0.1) is 25.2 Å². The number of benzene rings is 1. The highest BCUT2D eigenvalue weighted by molar-refractivity contribution is 5.81. The Kier molecular flexibility index (Phi) is 6.26. The van der Waals surface area contributed by atoms with Crippen LogP contribution < -0.4 is 11.2 Å². The van der Waals surface area contributed by atoms with E-state index < -0.39 is 23.1 Å². The fourth-order valence-electron chi connectivity index (χ4n) is 3.66. The summed E-state index contributed by atoms with van der Waals surface area (Å²) in [6, 6.07) is 3.84. The molecule has 2 N–H and O–H groups in total. The minimum atomic E-state index is -0.839. The summed E-state index contributed by atoms with van der Waals surface area (Å²) in [5.74, 6) is -1.16. The molecule has 0 saturated heterocycles. The van der Waals surface area contributed by atoms with E-state index in [0.717, 1.165) is 16.6 Å². The van der Waals surface area contributed by atoms with Crippen molar-refractivity contribution < 1.29 is 14.6 Å². The van der Waals surface area contributed by atoms with Crippen molar-refractivity contribution in [2.24, 2.45) is 11.3 Å². The van der Waals surface area contributed by atoms with Crippen molar-refractivity contribution in [1.82, 2.24) is 19.5 Å². The summed E-state index contributed by atoms with van der Waals surface area (Å²) in [6.07, 6.45) is 0.391. The molecule has 1 unspecified atom stereocenters. The van der Waals surface area contributed by atoms with Crippen molar-refractivity contribution in [1.29, 1.82) is 0 Å². The monoisotopic (exact) mass is 428 g/mol. The molecule has 31 heavy (non-hydrogen) atoms. The molecule has 0 aromatic heterocycles. The highest BCUT2D eigenvalue weighted by Crippen LogP contribution is 2.29. The summed E-state index contributed by atoms with van der Waals surface area (Å²) in [7, 11) is 0. The lowest BCUT2D eigenvalue weighted by Crippen LogP contribution is -2.30. The first-order chi connectivity index (χ1) is 14.5. The van der Waals surface area contributed by atoms with Crippen LogP contribution in [0.15, 0.2) is 21.7 Å². The van der Waals surface area contributed by atoms with Gasteiger partial charge in [-0.15, -0.1) is 0 Å². The third-order valence-corrected chi connectivity index (χ3v) is 5.58. The Morgan fingerprint density at radius 2 is 1.84 bits per heavy atom. The fraction of sp³-hybridized carbons (Fsp3) is 0.500. The van der Waals surface area contributed by atoms with Gasteiger partial charge in [0.15, 0.2) is 11.5 Å². The van der Waals surface area contributed by atoms with Crippen molar-refractivity contribution in [3.8, 4) is 11.5 Å². The minimum absolute atomic E-state index is 0.0917. The summed E-state index contributed by atoms with van der Waals surface area (Å²) in [6.45, 7) is 10.5. The Morgan fingerprint density at radius 3 is 2.48 bits per heavy atom. The highest BCUT2D eigenvalue weighted by atomic mass is 16.5. The number of aliphatic carboxylic acids is 1. The van der Waals surface area contributed by atoms with E-state index in [1.807, 2.05) is 46.8 Å². The number of fused-ring (bicyclic) bond motifs is 2. The maximum Gasteiger partial charge on any atom is 0.349 e. The van der Waals surface area contributed by atoms with Gasteiger partial charge in [0, 0.05) is 13.2 Å². The maximum atomic E-state index is 12.3. The number of carbonyl (C=O) groups is 1. The lowest BCUT2D eigenvalue weighted by atomic mass is 9.79. The van der Waals surface area contributed by atoms with Crippen LogP contribution in [-0.2, 0) is 16.1 Å². The number of H-pyrrole nitrogens is 1. The molecule has 1 atom stereocenters. The zero-order valence-corrected chi connectivity index (χ0v) is 18.5. The molecule has 2 heterocycles. The topological polar surface area (TPSA) is 127 Å². The molecule has 9 heteroatoms. The number of carboxylic acid groups (broad SMARTS) is 1. The molecule has 1 aromatic rings. The molecule has 0 fully saturated rings.